The number of thioether (sulfide) groups is 1. The molecule has 1 fully saturated rings. The molecule has 1 aromatic carbocycles. The maximum absolute atomic E-state index is 11.7. The van der Waals surface area contributed by atoms with Crippen molar-refractivity contribution in [1.82, 2.24) is 25.0 Å². The Morgan fingerprint density at radius 3 is 2.68 bits per heavy atom. The lowest BCUT2D eigenvalue weighted by Gasteiger charge is -2.12. The second-order valence-electron chi connectivity index (χ2n) is 6.26. The van der Waals surface area contributed by atoms with Gasteiger partial charge >= 0.3 is 6.03 Å². The highest BCUT2D eigenvalue weighted by atomic mass is 32.2. The minimum atomic E-state index is -0.303. The van der Waals surface area contributed by atoms with Crippen molar-refractivity contribution in [3.8, 4) is 10.7 Å². The number of amides is 3. The van der Waals surface area contributed by atoms with Crippen molar-refractivity contribution in [2.45, 2.75) is 18.1 Å². The van der Waals surface area contributed by atoms with Crippen LogP contribution < -0.4 is 5.32 Å². The lowest BCUT2D eigenvalue weighted by atomic mass is 10.2. The summed E-state index contributed by atoms with van der Waals surface area (Å²) in [5.41, 5.74) is 1.18. The smallest absolute Gasteiger partial charge is 0.324 e. The molecule has 2 aromatic heterocycles. The molecule has 0 aliphatic carbocycles. The fourth-order valence-electron chi connectivity index (χ4n) is 2.96. The number of hydrogen-bond acceptors (Lipinski definition) is 6. The van der Waals surface area contributed by atoms with Gasteiger partial charge < -0.3 is 5.32 Å². The summed E-state index contributed by atoms with van der Waals surface area (Å²) in [5.74, 6) is 1.44. The number of benzene rings is 1. The van der Waals surface area contributed by atoms with Crippen molar-refractivity contribution in [2.75, 3.05) is 18.8 Å². The summed E-state index contributed by atoms with van der Waals surface area (Å²) in [6, 6.07) is 14.0. The van der Waals surface area contributed by atoms with Crippen molar-refractivity contribution in [3.05, 3.63) is 53.4 Å². The summed E-state index contributed by atoms with van der Waals surface area (Å²) < 4.78 is 2.12. The van der Waals surface area contributed by atoms with Crippen LogP contribution in [0, 0.1) is 0 Å². The average Bonchev–Trinajstić information content (AvgIpc) is 3.43. The molecule has 0 saturated carbocycles. The largest absolute Gasteiger partial charge is 0.329 e. The van der Waals surface area contributed by atoms with E-state index in [1.807, 2.05) is 35.7 Å². The van der Waals surface area contributed by atoms with Crippen LogP contribution in [0.4, 0.5) is 4.79 Å². The Kier molecular flexibility index (Phi) is 5.73. The van der Waals surface area contributed by atoms with E-state index in [0.29, 0.717) is 19.5 Å². The number of hydrogen-bond donors (Lipinski definition) is 1. The zero-order chi connectivity index (χ0) is 19.3. The standard InChI is InChI=1S/C19H19N5O2S2/c25-16-12-20-18(26)23(16)9-5-11-28-19-22-21-17(15-8-4-10-27-15)24(19)13-14-6-2-1-3-7-14/h1-4,6-8,10H,5,9,11-13H2,(H,20,26). The molecule has 1 saturated heterocycles. The SMILES string of the molecule is O=C1CNC(=O)N1CCCSc1nnc(-c2cccs2)n1Cc1ccccc1. The number of urea groups is 1. The molecular formula is C19H19N5O2S2. The summed E-state index contributed by atoms with van der Waals surface area (Å²) >= 11 is 3.23. The fraction of sp³-hybridized carbons (Fsp3) is 0.263. The normalized spacial score (nSPS) is 13.9. The maximum Gasteiger partial charge on any atom is 0.324 e. The quantitative estimate of drug-likeness (QED) is 0.349. The van der Waals surface area contributed by atoms with Crippen molar-refractivity contribution in [3.63, 3.8) is 0 Å². The maximum atomic E-state index is 11.7. The molecule has 3 aromatic rings. The summed E-state index contributed by atoms with van der Waals surface area (Å²) in [6.45, 7) is 1.21. The molecule has 7 nitrogen and oxygen atoms in total. The Hall–Kier alpha value is -2.65. The lowest BCUT2D eigenvalue weighted by Crippen LogP contribution is -2.32. The van der Waals surface area contributed by atoms with Crippen LogP contribution in [0.25, 0.3) is 10.7 Å². The number of aromatic nitrogens is 3. The number of nitrogens with zero attached hydrogens (tertiary/aromatic N) is 4. The van der Waals surface area contributed by atoms with Crippen LogP contribution in [-0.2, 0) is 11.3 Å². The van der Waals surface area contributed by atoms with Gasteiger partial charge in [0.2, 0.25) is 5.91 Å². The van der Waals surface area contributed by atoms with E-state index in [4.69, 9.17) is 0 Å². The molecule has 3 heterocycles. The molecule has 3 amide bonds. The van der Waals surface area contributed by atoms with E-state index < -0.39 is 0 Å². The highest BCUT2D eigenvalue weighted by Crippen LogP contribution is 2.28. The Morgan fingerprint density at radius 2 is 1.96 bits per heavy atom. The number of nitrogens with one attached hydrogen (secondary N) is 1. The minimum absolute atomic E-state index is 0.0988. The van der Waals surface area contributed by atoms with Crippen LogP contribution in [0.3, 0.4) is 0 Å². The number of thiophene rings is 1. The zero-order valence-electron chi connectivity index (χ0n) is 15.1. The van der Waals surface area contributed by atoms with Crippen LogP contribution in [0.15, 0.2) is 53.0 Å². The number of imide groups is 1. The molecule has 4 rings (SSSR count). The minimum Gasteiger partial charge on any atom is -0.329 e. The Balaban J connectivity index is 1.45. The predicted octanol–water partition coefficient (Wildman–Crippen LogP) is 3.09. The van der Waals surface area contributed by atoms with E-state index in [9.17, 15) is 9.59 Å². The zero-order valence-corrected chi connectivity index (χ0v) is 16.7. The topological polar surface area (TPSA) is 80.1 Å². The van der Waals surface area contributed by atoms with Crippen LogP contribution >= 0.6 is 23.1 Å². The van der Waals surface area contributed by atoms with Crippen LogP contribution in [0.5, 0.6) is 0 Å². The molecule has 1 N–H and O–H groups in total. The van der Waals surface area contributed by atoms with Gasteiger partial charge in [-0.1, -0.05) is 48.2 Å². The third-order valence-corrected chi connectivity index (χ3v) is 6.26. The third-order valence-electron chi connectivity index (χ3n) is 4.34. The van der Waals surface area contributed by atoms with E-state index >= 15 is 0 Å². The molecule has 0 radical (unpaired) electrons. The van der Waals surface area contributed by atoms with Gasteiger partial charge in [-0.3, -0.25) is 14.3 Å². The van der Waals surface area contributed by atoms with E-state index in [0.717, 1.165) is 21.6 Å². The summed E-state index contributed by atoms with van der Waals surface area (Å²) in [7, 11) is 0. The van der Waals surface area contributed by atoms with Gasteiger partial charge in [0.25, 0.3) is 0 Å². The third kappa shape index (κ3) is 4.10. The first-order chi connectivity index (χ1) is 13.7. The van der Waals surface area contributed by atoms with Crippen molar-refractivity contribution in [2.24, 2.45) is 0 Å². The first-order valence-electron chi connectivity index (χ1n) is 8.94. The van der Waals surface area contributed by atoms with Gasteiger partial charge in [-0.15, -0.1) is 21.5 Å². The van der Waals surface area contributed by atoms with Gasteiger partial charge in [0.05, 0.1) is 18.0 Å². The van der Waals surface area contributed by atoms with Crippen LogP contribution in [0.2, 0.25) is 0 Å². The van der Waals surface area contributed by atoms with Gasteiger partial charge in [-0.05, 0) is 23.4 Å². The van der Waals surface area contributed by atoms with E-state index in [-0.39, 0.29) is 18.5 Å². The fourth-order valence-corrected chi connectivity index (χ4v) is 4.54. The van der Waals surface area contributed by atoms with Crippen molar-refractivity contribution < 1.29 is 9.59 Å². The van der Waals surface area contributed by atoms with Crippen molar-refractivity contribution >= 4 is 35.0 Å². The van der Waals surface area contributed by atoms with E-state index in [2.05, 4.69) is 32.2 Å². The van der Waals surface area contributed by atoms with Gasteiger partial charge in [-0.25, -0.2) is 4.79 Å². The molecule has 144 valence electrons. The lowest BCUT2D eigenvalue weighted by molar-refractivity contribution is -0.124. The number of carbonyl (C=O) groups is 2. The second-order valence-corrected chi connectivity index (χ2v) is 8.27. The van der Waals surface area contributed by atoms with Gasteiger partial charge in [-0.2, -0.15) is 0 Å². The van der Waals surface area contributed by atoms with Gasteiger partial charge in [0, 0.05) is 12.3 Å². The monoisotopic (exact) mass is 413 g/mol. The summed E-state index contributed by atoms with van der Waals surface area (Å²) in [5, 5.41) is 14.2. The highest BCUT2D eigenvalue weighted by Gasteiger charge is 2.27. The number of carbonyl (C=O) groups excluding carboxylic acids is 2. The average molecular weight is 414 g/mol. The first kappa shape index (κ1) is 18.7. The summed E-state index contributed by atoms with van der Waals surface area (Å²) in [4.78, 5) is 25.6. The molecule has 0 atom stereocenters. The molecular weight excluding hydrogens is 394 g/mol. The molecule has 0 spiro atoms. The molecule has 1 aliphatic rings. The van der Waals surface area contributed by atoms with Gasteiger partial charge in [0.1, 0.15) is 0 Å². The Bertz CT molecular complexity index is 940. The summed E-state index contributed by atoms with van der Waals surface area (Å²) in [6.07, 6.45) is 0.705. The van der Waals surface area contributed by atoms with E-state index in [1.165, 1.54) is 10.5 Å². The first-order valence-corrected chi connectivity index (χ1v) is 10.8. The predicted molar refractivity (Wildman–Crippen MR) is 109 cm³/mol. The van der Waals surface area contributed by atoms with Crippen molar-refractivity contribution in [1.29, 1.82) is 0 Å². The van der Waals surface area contributed by atoms with Crippen LogP contribution in [-0.4, -0.2) is 50.4 Å². The molecule has 1 aliphatic heterocycles. The highest BCUT2D eigenvalue weighted by molar-refractivity contribution is 7.99. The molecule has 0 bridgehead atoms. The molecule has 28 heavy (non-hydrogen) atoms. The van der Waals surface area contributed by atoms with Gasteiger partial charge in [0.15, 0.2) is 11.0 Å². The molecule has 0 unspecified atom stereocenters. The second kappa shape index (κ2) is 8.57. The van der Waals surface area contributed by atoms with Crippen LogP contribution in [0.1, 0.15) is 12.0 Å². The molecule has 9 heteroatoms. The van der Waals surface area contributed by atoms with E-state index in [1.54, 1.807) is 23.1 Å². The number of rotatable bonds is 8. The Morgan fingerprint density at radius 1 is 1.11 bits per heavy atom. The Labute approximate surface area is 170 Å².